The van der Waals surface area contributed by atoms with Crippen molar-refractivity contribution < 1.29 is 9.47 Å². The smallest absolute Gasteiger partial charge is 0.106 e. The first-order valence-electron chi connectivity index (χ1n) is 11.1. The second-order valence-electron chi connectivity index (χ2n) is 8.45. The van der Waals surface area contributed by atoms with Crippen LogP contribution in [0.4, 0.5) is 0 Å². The molecule has 0 spiro atoms. The minimum absolute atomic E-state index is 0.117. The van der Waals surface area contributed by atoms with E-state index in [-0.39, 0.29) is 6.10 Å². The van der Waals surface area contributed by atoms with Crippen molar-refractivity contribution in [3.63, 3.8) is 0 Å². The summed E-state index contributed by atoms with van der Waals surface area (Å²) in [6.07, 6.45) is 13.8. The maximum absolute atomic E-state index is 6.09. The topological polar surface area (TPSA) is 18.5 Å². The summed E-state index contributed by atoms with van der Waals surface area (Å²) in [5.74, 6) is 1.75. The predicted octanol–water partition coefficient (Wildman–Crippen LogP) is 6.80. The van der Waals surface area contributed by atoms with Crippen LogP contribution in [0.2, 0.25) is 0 Å². The number of rotatable bonds is 8. The number of hydrogen-bond donors (Lipinski definition) is 0. The molecule has 1 saturated carbocycles. The number of benzene rings is 1. The molecule has 0 radical (unpaired) electrons. The van der Waals surface area contributed by atoms with E-state index in [9.17, 15) is 0 Å². The van der Waals surface area contributed by atoms with Crippen LogP contribution in [-0.2, 0) is 9.47 Å². The Labute approximate surface area is 160 Å². The van der Waals surface area contributed by atoms with Gasteiger partial charge in [-0.2, -0.15) is 0 Å². The van der Waals surface area contributed by atoms with E-state index in [2.05, 4.69) is 38.1 Å². The van der Waals surface area contributed by atoms with E-state index in [0.29, 0.717) is 12.7 Å². The summed E-state index contributed by atoms with van der Waals surface area (Å²) in [5.41, 5.74) is 2.81. The second kappa shape index (κ2) is 10.5. The first-order valence-corrected chi connectivity index (χ1v) is 11.1. The van der Waals surface area contributed by atoms with Gasteiger partial charge in [-0.3, -0.25) is 0 Å². The Hall–Kier alpha value is -0.860. The van der Waals surface area contributed by atoms with Gasteiger partial charge >= 0.3 is 0 Å². The lowest BCUT2D eigenvalue weighted by molar-refractivity contribution is -0.137. The quantitative estimate of drug-likeness (QED) is 0.509. The van der Waals surface area contributed by atoms with Gasteiger partial charge in [-0.1, -0.05) is 70.2 Å². The average Bonchev–Trinajstić information content (AvgIpc) is 2.72. The molecule has 1 aromatic carbocycles. The van der Waals surface area contributed by atoms with Crippen LogP contribution in [0.1, 0.15) is 101 Å². The van der Waals surface area contributed by atoms with Crippen molar-refractivity contribution in [2.24, 2.45) is 5.92 Å². The highest BCUT2D eigenvalue weighted by atomic mass is 16.6. The molecule has 2 fully saturated rings. The highest BCUT2D eigenvalue weighted by Gasteiger charge is 2.25. The Morgan fingerprint density at radius 1 is 0.769 bits per heavy atom. The molecule has 2 aliphatic rings. The average molecular weight is 359 g/mol. The molecule has 26 heavy (non-hydrogen) atoms. The van der Waals surface area contributed by atoms with E-state index in [1.54, 1.807) is 0 Å². The second-order valence-corrected chi connectivity index (χ2v) is 8.45. The Balaban J connectivity index is 1.46. The van der Waals surface area contributed by atoms with Gasteiger partial charge in [0.15, 0.2) is 0 Å². The monoisotopic (exact) mass is 358 g/mol. The summed E-state index contributed by atoms with van der Waals surface area (Å²) in [7, 11) is 0. The van der Waals surface area contributed by atoms with Gasteiger partial charge in [-0.15, -0.1) is 0 Å². The van der Waals surface area contributed by atoms with Crippen molar-refractivity contribution in [3.05, 3.63) is 35.4 Å². The van der Waals surface area contributed by atoms with Crippen LogP contribution < -0.4 is 0 Å². The zero-order valence-corrected chi connectivity index (χ0v) is 16.9. The molecule has 0 bridgehead atoms. The van der Waals surface area contributed by atoms with E-state index < -0.39 is 0 Å². The molecule has 1 aliphatic heterocycles. The molecular formula is C24H38O2. The molecule has 2 atom stereocenters. The van der Waals surface area contributed by atoms with Gasteiger partial charge in [0.25, 0.3) is 0 Å². The van der Waals surface area contributed by atoms with Crippen LogP contribution in [0.25, 0.3) is 0 Å². The molecule has 2 nitrogen and oxygen atoms in total. The zero-order chi connectivity index (χ0) is 18.2. The molecular weight excluding hydrogens is 320 g/mol. The van der Waals surface area contributed by atoms with Crippen molar-refractivity contribution in [1.29, 1.82) is 0 Å². The van der Waals surface area contributed by atoms with Gasteiger partial charge < -0.3 is 9.47 Å². The zero-order valence-electron chi connectivity index (χ0n) is 16.9. The standard InChI is InChI=1S/C24H38O2/c1-3-5-7-19-9-11-20(12-10-19)21-13-15-22(16-14-21)24-18-25-23(17-26-24)8-6-4-2/h13-16,19-20,23-24H,3-12,17-18H2,1-2H3/t19-,20-,23-,24-/m0/s1. The first kappa shape index (κ1) is 19.9. The molecule has 1 heterocycles. The third kappa shape index (κ3) is 5.57. The van der Waals surface area contributed by atoms with Gasteiger partial charge in [0, 0.05) is 0 Å². The fraction of sp³-hybridized carbons (Fsp3) is 0.750. The Morgan fingerprint density at radius 2 is 1.42 bits per heavy atom. The molecule has 1 saturated heterocycles. The van der Waals surface area contributed by atoms with Crippen LogP contribution in [0.15, 0.2) is 24.3 Å². The fourth-order valence-corrected chi connectivity index (χ4v) is 4.59. The van der Waals surface area contributed by atoms with Crippen LogP contribution >= 0.6 is 0 Å². The van der Waals surface area contributed by atoms with Crippen LogP contribution in [0, 0.1) is 5.92 Å². The Kier molecular flexibility index (Phi) is 8.01. The highest BCUT2D eigenvalue weighted by molar-refractivity contribution is 5.27. The highest BCUT2D eigenvalue weighted by Crippen LogP contribution is 2.38. The minimum atomic E-state index is 0.117. The van der Waals surface area contributed by atoms with Crippen LogP contribution in [0.5, 0.6) is 0 Å². The third-order valence-corrected chi connectivity index (χ3v) is 6.44. The Morgan fingerprint density at radius 3 is 2.04 bits per heavy atom. The molecule has 0 unspecified atom stereocenters. The molecule has 1 aliphatic carbocycles. The van der Waals surface area contributed by atoms with E-state index in [1.165, 1.54) is 68.9 Å². The molecule has 2 heteroatoms. The van der Waals surface area contributed by atoms with Gasteiger partial charge in [0.05, 0.1) is 19.3 Å². The van der Waals surface area contributed by atoms with Crippen LogP contribution in [-0.4, -0.2) is 19.3 Å². The van der Waals surface area contributed by atoms with E-state index in [0.717, 1.165) is 24.9 Å². The molecule has 3 rings (SSSR count). The molecule has 1 aromatic rings. The molecule has 0 N–H and O–H groups in total. The van der Waals surface area contributed by atoms with Gasteiger partial charge in [0.1, 0.15) is 6.10 Å². The summed E-state index contributed by atoms with van der Waals surface area (Å²) >= 11 is 0. The summed E-state index contributed by atoms with van der Waals surface area (Å²) in [5, 5.41) is 0. The largest absolute Gasteiger partial charge is 0.373 e. The van der Waals surface area contributed by atoms with Gasteiger partial charge in [-0.05, 0) is 55.1 Å². The van der Waals surface area contributed by atoms with Gasteiger partial charge in [-0.25, -0.2) is 0 Å². The van der Waals surface area contributed by atoms with Crippen molar-refractivity contribution in [2.45, 2.75) is 96.2 Å². The van der Waals surface area contributed by atoms with E-state index >= 15 is 0 Å². The van der Waals surface area contributed by atoms with Crippen molar-refractivity contribution >= 4 is 0 Å². The maximum atomic E-state index is 6.09. The fourth-order valence-electron chi connectivity index (χ4n) is 4.59. The number of hydrogen-bond acceptors (Lipinski definition) is 2. The lowest BCUT2D eigenvalue weighted by atomic mass is 9.77. The summed E-state index contributed by atoms with van der Waals surface area (Å²) in [6.45, 7) is 5.98. The Bertz CT molecular complexity index is 446. The lowest BCUT2D eigenvalue weighted by Gasteiger charge is -2.31. The van der Waals surface area contributed by atoms with Crippen molar-refractivity contribution in [1.82, 2.24) is 0 Å². The molecule has 0 amide bonds. The molecule has 0 aromatic heterocycles. The summed E-state index contributed by atoms with van der Waals surface area (Å²) in [4.78, 5) is 0. The lowest BCUT2D eigenvalue weighted by Crippen LogP contribution is -2.31. The molecule has 146 valence electrons. The van der Waals surface area contributed by atoms with Crippen molar-refractivity contribution in [2.75, 3.05) is 13.2 Å². The third-order valence-electron chi connectivity index (χ3n) is 6.44. The minimum Gasteiger partial charge on any atom is -0.373 e. The SMILES string of the molecule is CCCC[C@H]1CO[C@H](c2ccc([C@H]3CC[C@H](CCCC)CC3)cc2)CO1. The maximum Gasteiger partial charge on any atom is 0.106 e. The van der Waals surface area contributed by atoms with E-state index in [1.807, 2.05) is 0 Å². The van der Waals surface area contributed by atoms with Crippen molar-refractivity contribution in [3.8, 4) is 0 Å². The van der Waals surface area contributed by atoms with Gasteiger partial charge in [0.2, 0.25) is 0 Å². The van der Waals surface area contributed by atoms with E-state index in [4.69, 9.17) is 9.47 Å². The predicted molar refractivity (Wildman–Crippen MR) is 109 cm³/mol. The first-order chi connectivity index (χ1) is 12.8. The summed E-state index contributed by atoms with van der Waals surface area (Å²) in [6, 6.07) is 9.25. The number of ether oxygens (including phenoxy) is 2. The summed E-state index contributed by atoms with van der Waals surface area (Å²) < 4.78 is 12.1. The van der Waals surface area contributed by atoms with Crippen LogP contribution in [0.3, 0.4) is 0 Å². The number of unbranched alkanes of at least 4 members (excludes halogenated alkanes) is 2. The normalized spacial score (nSPS) is 29.6.